The number of nitrogens with zero attached hydrogens (tertiary/aromatic N) is 3. The third kappa shape index (κ3) is 3.52. The first-order valence-electron chi connectivity index (χ1n) is 6.00. The van der Waals surface area contributed by atoms with Crippen LogP contribution >= 0.6 is 0 Å². The van der Waals surface area contributed by atoms with Crippen molar-refractivity contribution in [2.45, 2.75) is 19.3 Å². The first kappa shape index (κ1) is 12.0. The summed E-state index contributed by atoms with van der Waals surface area (Å²) in [5.74, 6) is -0.181. The molecular formula is C11H18FN5. The summed E-state index contributed by atoms with van der Waals surface area (Å²) < 4.78 is 13.3. The molecule has 0 spiro atoms. The number of nitrogen functional groups attached to an aromatic ring is 1. The molecule has 94 valence electrons. The van der Waals surface area contributed by atoms with E-state index < -0.39 is 5.82 Å². The summed E-state index contributed by atoms with van der Waals surface area (Å²) in [6, 6.07) is 0. The van der Waals surface area contributed by atoms with Crippen LogP contribution in [0.25, 0.3) is 0 Å². The van der Waals surface area contributed by atoms with Crippen LogP contribution in [0.4, 0.5) is 16.2 Å². The number of nitrogens with two attached hydrogens (primary N) is 1. The second-order valence-electron chi connectivity index (χ2n) is 4.25. The molecule has 0 amide bonds. The van der Waals surface area contributed by atoms with Crippen molar-refractivity contribution in [3.05, 3.63) is 12.0 Å². The molecule has 17 heavy (non-hydrogen) atoms. The van der Waals surface area contributed by atoms with Gasteiger partial charge in [-0.1, -0.05) is 6.42 Å². The molecule has 0 bridgehead atoms. The van der Waals surface area contributed by atoms with Crippen LogP contribution in [0.3, 0.4) is 0 Å². The number of halogens is 1. The fraction of sp³-hybridized carbons (Fsp3) is 0.636. The summed E-state index contributed by atoms with van der Waals surface area (Å²) in [6.07, 6.45) is 4.93. The van der Waals surface area contributed by atoms with Crippen molar-refractivity contribution in [2.24, 2.45) is 0 Å². The third-order valence-corrected chi connectivity index (χ3v) is 2.93. The summed E-state index contributed by atoms with van der Waals surface area (Å²) in [4.78, 5) is 9.77. The molecule has 2 heterocycles. The van der Waals surface area contributed by atoms with Gasteiger partial charge in [0.1, 0.15) is 0 Å². The summed E-state index contributed by atoms with van der Waals surface area (Å²) in [6.45, 7) is 3.85. The minimum absolute atomic E-state index is 0.0897. The van der Waals surface area contributed by atoms with Crippen LogP contribution < -0.4 is 11.1 Å². The van der Waals surface area contributed by atoms with Crippen molar-refractivity contribution in [3.8, 4) is 0 Å². The van der Waals surface area contributed by atoms with Gasteiger partial charge in [-0.05, 0) is 25.9 Å². The number of rotatable bonds is 4. The van der Waals surface area contributed by atoms with Crippen LogP contribution in [0.5, 0.6) is 0 Å². The molecule has 1 aliphatic heterocycles. The highest BCUT2D eigenvalue weighted by Gasteiger charge is 2.10. The van der Waals surface area contributed by atoms with Crippen LogP contribution in [-0.4, -0.2) is 41.0 Å². The van der Waals surface area contributed by atoms with E-state index in [9.17, 15) is 4.39 Å². The molecule has 0 unspecified atom stereocenters. The second kappa shape index (κ2) is 5.77. The molecule has 1 saturated heterocycles. The number of aromatic nitrogens is 2. The van der Waals surface area contributed by atoms with Crippen LogP contribution in [0.2, 0.25) is 0 Å². The molecule has 1 aliphatic rings. The van der Waals surface area contributed by atoms with E-state index in [0.29, 0.717) is 6.54 Å². The normalized spacial score (nSPS) is 17.0. The molecule has 0 aromatic carbocycles. The topological polar surface area (TPSA) is 67.1 Å². The van der Waals surface area contributed by atoms with Gasteiger partial charge in [0.05, 0.1) is 6.20 Å². The van der Waals surface area contributed by atoms with Gasteiger partial charge in [0.2, 0.25) is 5.95 Å². The van der Waals surface area contributed by atoms with Gasteiger partial charge in [-0.15, -0.1) is 0 Å². The van der Waals surface area contributed by atoms with Gasteiger partial charge in [0, 0.05) is 13.1 Å². The van der Waals surface area contributed by atoms with E-state index in [2.05, 4.69) is 20.2 Å². The molecule has 6 heteroatoms. The fourth-order valence-corrected chi connectivity index (χ4v) is 2.02. The molecule has 5 nitrogen and oxygen atoms in total. The van der Waals surface area contributed by atoms with Crippen molar-refractivity contribution in [1.82, 2.24) is 14.9 Å². The van der Waals surface area contributed by atoms with Gasteiger partial charge in [0.15, 0.2) is 11.6 Å². The average molecular weight is 239 g/mol. The summed E-state index contributed by atoms with van der Waals surface area (Å²) >= 11 is 0. The predicted octanol–water partition coefficient (Wildman–Crippen LogP) is 1.10. The van der Waals surface area contributed by atoms with Gasteiger partial charge < -0.3 is 16.0 Å². The summed E-state index contributed by atoms with van der Waals surface area (Å²) in [7, 11) is 0. The Morgan fingerprint density at radius 1 is 1.35 bits per heavy atom. The summed E-state index contributed by atoms with van der Waals surface area (Å²) in [5.41, 5.74) is 5.40. The molecular weight excluding hydrogens is 221 g/mol. The first-order chi connectivity index (χ1) is 8.25. The molecule has 3 N–H and O–H groups in total. The SMILES string of the molecule is Nc1ncc(F)c(NCCN2CCCCC2)n1. The predicted molar refractivity (Wildman–Crippen MR) is 65.2 cm³/mol. The molecule has 1 aromatic heterocycles. The maximum atomic E-state index is 13.3. The Morgan fingerprint density at radius 2 is 2.12 bits per heavy atom. The lowest BCUT2D eigenvalue weighted by molar-refractivity contribution is 0.237. The number of piperidine rings is 1. The van der Waals surface area contributed by atoms with E-state index in [1.165, 1.54) is 19.3 Å². The van der Waals surface area contributed by atoms with Crippen molar-refractivity contribution >= 4 is 11.8 Å². The lowest BCUT2D eigenvalue weighted by atomic mass is 10.1. The Morgan fingerprint density at radius 3 is 2.88 bits per heavy atom. The second-order valence-corrected chi connectivity index (χ2v) is 4.25. The van der Waals surface area contributed by atoms with Gasteiger partial charge in [-0.2, -0.15) is 4.98 Å². The minimum Gasteiger partial charge on any atom is -0.368 e. The maximum absolute atomic E-state index is 13.3. The van der Waals surface area contributed by atoms with Crippen LogP contribution in [0.1, 0.15) is 19.3 Å². The van der Waals surface area contributed by atoms with Gasteiger partial charge in [-0.25, -0.2) is 9.37 Å². The van der Waals surface area contributed by atoms with E-state index in [1.54, 1.807) is 0 Å². The van der Waals surface area contributed by atoms with E-state index in [0.717, 1.165) is 25.8 Å². The molecule has 1 fully saturated rings. The zero-order valence-corrected chi connectivity index (χ0v) is 9.82. The smallest absolute Gasteiger partial charge is 0.222 e. The highest BCUT2D eigenvalue weighted by molar-refractivity contribution is 5.38. The molecule has 0 aliphatic carbocycles. The largest absolute Gasteiger partial charge is 0.368 e. The van der Waals surface area contributed by atoms with Crippen LogP contribution in [0.15, 0.2) is 6.20 Å². The number of likely N-dealkylation sites (tertiary alicyclic amines) is 1. The lowest BCUT2D eigenvalue weighted by Gasteiger charge is -2.26. The Kier molecular flexibility index (Phi) is 4.08. The number of hydrogen-bond donors (Lipinski definition) is 2. The van der Waals surface area contributed by atoms with Gasteiger partial charge in [0.25, 0.3) is 0 Å². The third-order valence-electron chi connectivity index (χ3n) is 2.93. The lowest BCUT2D eigenvalue weighted by Crippen LogP contribution is -2.33. The Hall–Kier alpha value is -1.43. The molecule has 0 saturated carbocycles. The Labute approximate surface area is 100 Å². The van der Waals surface area contributed by atoms with Crippen molar-refractivity contribution in [2.75, 3.05) is 37.2 Å². The van der Waals surface area contributed by atoms with Crippen LogP contribution in [0, 0.1) is 5.82 Å². The molecule has 0 atom stereocenters. The van der Waals surface area contributed by atoms with E-state index in [4.69, 9.17) is 5.73 Å². The molecule has 0 radical (unpaired) electrons. The highest BCUT2D eigenvalue weighted by atomic mass is 19.1. The Bertz CT molecular complexity index is 365. The Balaban J connectivity index is 1.79. The zero-order chi connectivity index (χ0) is 12.1. The van der Waals surface area contributed by atoms with Crippen molar-refractivity contribution < 1.29 is 4.39 Å². The number of anilines is 2. The van der Waals surface area contributed by atoms with Gasteiger partial charge >= 0.3 is 0 Å². The zero-order valence-electron chi connectivity index (χ0n) is 9.82. The molecule has 1 aromatic rings. The summed E-state index contributed by atoms with van der Waals surface area (Å²) in [5, 5.41) is 2.95. The van der Waals surface area contributed by atoms with Crippen molar-refractivity contribution in [3.63, 3.8) is 0 Å². The van der Waals surface area contributed by atoms with E-state index in [1.807, 2.05) is 0 Å². The highest BCUT2D eigenvalue weighted by Crippen LogP contribution is 2.11. The molecule has 2 rings (SSSR count). The monoisotopic (exact) mass is 239 g/mol. The number of hydrogen-bond acceptors (Lipinski definition) is 5. The van der Waals surface area contributed by atoms with Crippen molar-refractivity contribution in [1.29, 1.82) is 0 Å². The van der Waals surface area contributed by atoms with Gasteiger partial charge in [-0.3, -0.25) is 0 Å². The fourth-order valence-electron chi connectivity index (χ4n) is 2.02. The average Bonchev–Trinajstić information content (AvgIpc) is 2.35. The van der Waals surface area contributed by atoms with E-state index >= 15 is 0 Å². The maximum Gasteiger partial charge on any atom is 0.222 e. The van der Waals surface area contributed by atoms with E-state index in [-0.39, 0.29) is 11.8 Å². The first-order valence-corrected chi connectivity index (χ1v) is 6.00. The minimum atomic E-state index is -0.460. The van der Waals surface area contributed by atoms with Crippen LogP contribution in [-0.2, 0) is 0 Å². The quantitative estimate of drug-likeness (QED) is 0.823. The number of nitrogens with one attached hydrogen (secondary N) is 1. The standard InChI is InChI=1S/C11H18FN5/c12-9-8-15-11(13)16-10(9)14-4-7-17-5-2-1-3-6-17/h8H,1-7H2,(H3,13,14,15,16).